The Morgan fingerprint density at radius 2 is 1.97 bits per heavy atom. The number of aryl methyl sites for hydroxylation is 1. The lowest BCUT2D eigenvalue weighted by molar-refractivity contribution is -0.121. The number of aromatic nitrogens is 2. The van der Waals surface area contributed by atoms with Crippen molar-refractivity contribution in [2.75, 3.05) is 25.0 Å². The maximum Gasteiger partial charge on any atom is 0.228 e. The zero-order valence-corrected chi connectivity index (χ0v) is 17.0. The molecule has 0 aliphatic carbocycles. The molecule has 0 spiro atoms. The number of anilines is 1. The van der Waals surface area contributed by atoms with Gasteiger partial charge in [-0.15, -0.1) is 0 Å². The van der Waals surface area contributed by atoms with E-state index in [4.69, 9.17) is 0 Å². The molecule has 0 bridgehead atoms. The highest BCUT2D eigenvalue weighted by Crippen LogP contribution is 2.23. The summed E-state index contributed by atoms with van der Waals surface area (Å²) in [7, 11) is 0. The van der Waals surface area contributed by atoms with Crippen LogP contribution in [0.15, 0.2) is 67.0 Å². The van der Waals surface area contributed by atoms with Crippen LogP contribution >= 0.6 is 0 Å². The molecular weight excluding hydrogens is 379 g/mol. The molecule has 1 saturated heterocycles. The Morgan fingerprint density at radius 1 is 1.10 bits per heavy atom. The lowest BCUT2D eigenvalue weighted by atomic mass is 9.96. The standard InChI is InChI=1S/C24H27FN4O/c25-22-7-1-5-20(17-22)19-8-10-23(11-9-19)27-24(30)21-6-2-13-28(18-21)14-4-16-29-15-3-12-26-29/h1,3,5,7-12,15,17,21H,2,4,6,13-14,16,18H2,(H,27,30). The number of nitrogens with one attached hydrogen (secondary N) is 1. The first kappa shape index (κ1) is 20.3. The third-order valence-electron chi connectivity index (χ3n) is 5.61. The first-order valence-electron chi connectivity index (χ1n) is 10.5. The van der Waals surface area contributed by atoms with E-state index >= 15 is 0 Å². The highest BCUT2D eigenvalue weighted by Gasteiger charge is 2.25. The molecule has 4 rings (SSSR count). The minimum atomic E-state index is -0.253. The van der Waals surface area contributed by atoms with Crippen molar-refractivity contribution in [1.29, 1.82) is 0 Å². The van der Waals surface area contributed by atoms with Crippen molar-refractivity contribution in [3.05, 3.63) is 72.8 Å². The maximum absolute atomic E-state index is 13.4. The Morgan fingerprint density at radius 3 is 2.73 bits per heavy atom. The molecule has 156 valence electrons. The highest BCUT2D eigenvalue weighted by atomic mass is 19.1. The zero-order valence-electron chi connectivity index (χ0n) is 17.0. The van der Waals surface area contributed by atoms with Gasteiger partial charge in [-0.3, -0.25) is 9.48 Å². The number of benzene rings is 2. The summed E-state index contributed by atoms with van der Waals surface area (Å²) in [6, 6.07) is 16.0. The predicted molar refractivity (Wildman–Crippen MR) is 116 cm³/mol. The third-order valence-corrected chi connectivity index (χ3v) is 5.61. The van der Waals surface area contributed by atoms with Gasteiger partial charge in [0, 0.05) is 31.2 Å². The van der Waals surface area contributed by atoms with Crippen LogP contribution in [0.4, 0.5) is 10.1 Å². The second-order valence-corrected chi connectivity index (χ2v) is 7.84. The third kappa shape index (κ3) is 5.33. The van der Waals surface area contributed by atoms with Gasteiger partial charge < -0.3 is 10.2 Å². The predicted octanol–water partition coefficient (Wildman–Crippen LogP) is 4.43. The summed E-state index contributed by atoms with van der Waals surface area (Å²) >= 11 is 0. The van der Waals surface area contributed by atoms with Gasteiger partial charge in [-0.2, -0.15) is 5.10 Å². The van der Waals surface area contributed by atoms with Gasteiger partial charge in [0.05, 0.1) is 5.92 Å². The monoisotopic (exact) mass is 406 g/mol. The van der Waals surface area contributed by atoms with Gasteiger partial charge in [0.2, 0.25) is 5.91 Å². The fourth-order valence-electron chi connectivity index (χ4n) is 4.02. The van der Waals surface area contributed by atoms with Gasteiger partial charge in [0.25, 0.3) is 0 Å². The Bertz CT molecular complexity index is 956. The minimum Gasteiger partial charge on any atom is -0.326 e. The summed E-state index contributed by atoms with van der Waals surface area (Å²) in [5.41, 5.74) is 2.52. The van der Waals surface area contributed by atoms with Crippen LogP contribution in [0.25, 0.3) is 11.1 Å². The van der Waals surface area contributed by atoms with Crippen LogP contribution in [-0.4, -0.2) is 40.2 Å². The smallest absolute Gasteiger partial charge is 0.228 e. The van der Waals surface area contributed by atoms with E-state index < -0.39 is 0 Å². The van der Waals surface area contributed by atoms with Gasteiger partial charge in [0.1, 0.15) is 5.82 Å². The molecule has 3 aromatic rings. The number of rotatable bonds is 7. The fourth-order valence-corrected chi connectivity index (χ4v) is 4.02. The topological polar surface area (TPSA) is 50.2 Å². The summed E-state index contributed by atoms with van der Waals surface area (Å²) < 4.78 is 15.4. The van der Waals surface area contributed by atoms with Crippen LogP contribution in [0.5, 0.6) is 0 Å². The second kappa shape index (κ2) is 9.67. The van der Waals surface area contributed by atoms with E-state index in [-0.39, 0.29) is 17.6 Å². The van der Waals surface area contributed by atoms with E-state index in [9.17, 15) is 9.18 Å². The molecule has 1 aliphatic heterocycles. The van der Waals surface area contributed by atoms with Crippen LogP contribution < -0.4 is 5.32 Å². The van der Waals surface area contributed by atoms with Crippen molar-refractivity contribution in [2.24, 2.45) is 5.92 Å². The van der Waals surface area contributed by atoms with E-state index in [1.54, 1.807) is 12.3 Å². The van der Waals surface area contributed by atoms with Crippen molar-refractivity contribution in [3.8, 4) is 11.1 Å². The van der Waals surface area contributed by atoms with Crippen molar-refractivity contribution >= 4 is 11.6 Å². The highest BCUT2D eigenvalue weighted by molar-refractivity contribution is 5.93. The second-order valence-electron chi connectivity index (χ2n) is 7.84. The molecule has 1 fully saturated rings. The van der Waals surface area contributed by atoms with Crippen LogP contribution in [0, 0.1) is 11.7 Å². The molecule has 1 N–H and O–H groups in total. The quantitative estimate of drug-likeness (QED) is 0.632. The minimum absolute atomic E-state index is 0.00588. The molecule has 0 saturated carbocycles. The molecule has 6 heteroatoms. The van der Waals surface area contributed by atoms with Crippen LogP contribution in [0.3, 0.4) is 0 Å². The van der Waals surface area contributed by atoms with Gasteiger partial charge in [-0.05, 0) is 73.8 Å². The molecular formula is C24H27FN4O. The summed E-state index contributed by atoms with van der Waals surface area (Å²) in [6.07, 6.45) is 6.76. The van der Waals surface area contributed by atoms with Crippen LogP contribution in [0.1, 0.15) is 19.3 Å². The average molecular weight is 407 g/mol. The molecule has 1 amide bonds. The first-order chi connectivity index (χ1) is 14.7. The largest absolute Gasteiger partial charge is 0.326 e. The van der Waals surface area contributed by atoms with Crippen LogP contribution in [0.2, 0.25) is 0 Å². The number of nitrogens with zero attached hydrogens (tertiary/aromatic N) is 3. The number of carbonyl (C=O) groups is 1. The molecule has 1 aliphatic rings. The van der Waals surface area contributed by atoms with Gasteiger partial charge in [0.15, 0.2) is 0 Å². The van der Waals surface area contributed by atoms with Crippen molar-refractivity contribution < 1.29 is 9.18 Å². The summed E-state index contributed by atoms with van der Waals surface area (Å²) in [5, 5.41) is 7.28. The molecule has 1 aromatic heterocycles. The fraction of sp³-hybridized carbons (Fsp3) is 0.333. The molecule has 30 heavy (non-hydrogen) atoms. The Kier molecular flexibility index (Phi) is 6.54. The number of hydrogen-bond donors (Lipinski definition) is 1. The number of piperidine rings is 1. The normalized spacial score (nSPS) is 17.0. The van der Waals surface area contributed by atoms with Crippen molar-refractivity contribution in [3.63, 3.8) is 0 Å². The summed E-state index contributed by atoms with van der Waals surface area (Å²) in [4.78, 5) is 15.2. The molecule has 2 heterocycles. The summed E-state index contributed by atoms with van der Waals surface area (Å²) in [6.45, 7) is 3.72. The summed E-state index contributed by atoms with van der Waals surface area (Å²) in [5.74, 6) is -0.173. The molecule has 0 radical (unpaired) electrons. The first-order valence-corrected chi connectivity index (χ1v) is 10.5. The van der Waals surface area contributed by atoms with E-state index in [0.29, 0.717) is 0 Å². The SMILES string of the molecule is O=C(Nc1ccc(-c2cccc(F)c2)cc1)C1CCCN(CCCn2cccn2)C1. The lowest BCUT2D eigenvalue weighted by Gasteiger charge is -2.32. The van der Waals surface area contributed by atoms with E-state index in [1.807, 2.05) is 47.3 Å². The number of hydrogen-bond acceptors (Lipinski definition) is 3. The number of amides is 1. The van der Waals surface area contributed by atoms with E-state index in [1.165, 1.54) is 12.1 Å². The van der Waals surface area contributed by atoms with Crippen molar-refractivity contribution in [2.45, 2.75) is 25.8 Å². The van der Waals surface area contributed by atoms with Crippen molar-refractivity contribution in [1.82, 2.24) is 14.7 Å². The van der Waals surface area contributed by atoms with Gasteiger partial charge >= 0.3 is 0 Å². The Hall–Kier alpha value is -2.99. The zero-order chi connectivity index (χ0) is 20.8. The van der Waals surface area contributed by atoms with E-state index in [0.717, 1.165) is 62.3 Å². The molecule has 2 aromatic carbocycles. The average Bonchev–Trinajstić information content (AvgIpc) is 3.28. The van der Waals surface area contributed by atoms with E-state index in [2.05, 4.69) is 15.3 Å². The number of likely N-dealkylation sites (tertiary alicyclic amines) is 1. The van der Waals surface area contributed by atoms with Gasteiger partial charge in [-0.1, -0.05) is 24.3 Å². The number of halogens is 1. The Labute approximate surface area is 176 Å². The van der Waals surface area contributed by atoms with Crippen LogP contribution in [-0.2, 0) is 11.3 Å². The molecule has 1 atom stereocenters. The molecule has 5 nitrogen and oxygen atoms in total. The molecule has 1 unspecified atom stereocenters. The number of carbonyl (C=O) groups excluding carboxylic acids is 1. The van der Waals surface area contributed by atoms with Gasteiger partial charge in [-0.25, -0.2) is 4.39 Å². The maximum atomic E-state index is 13.4. The Balaban J connectivity index is 1.28. The lowest BCUT2D eigenvalue weighted by Crippen LogP contribution is -2.41.